The van der Waals surface area contributed by atoms with Gasteiger partial charge in [-0.1, -0.05) is 13.0 Å². The maximum absolute atomic E-state index is 12.8. The molecule has 27 heavy (non-hydrogen) atoms. The average Bonchev–Trinajstić information content (AvgIpc) is 3.00. The van der Waals surface area contributed by atoms with Gasteiger partial charge in [-0.2, -0.15) is 0 Å². The molecular weight excluding hydrogens is 352 g/mol. The summed E-state index contributed by atoms with van der Waals surface area (Å²) < 4.78 is 16.6. The van der Waals surface area contributed by atoms with E-state index in [1.165, 1.54) is 0 Å². The summed E-state index contributed by atoms with van der Waals surface area (Å²) in [7, 11) is 0. The van der Waals surface area contributed by atoms with Gasteiger partial charge in [-0.05, 0) is 39.5 Å². The number of hydrogen-bond acceptors (Lipinski definition) is 7. The molecule has 2 saturated carbocycles. The van der Waals surface area contributed by atoms with Crippen LogP contribution in [0.15, 0.2) is 22.8 Å². The van der Waals surface area contributed by atoms with E-state index in [0.717, 1.165) is 0 Å². The quantitative estimate of drug-likeness (QED) is 0.446. The van der Waals surface area contributed by atoms with Crippen LogP contribution in [0.3, 0.4) is 0 Å². The van der Waals surface area contributed by atoms with Crippen molar-refractivity contribution in [2.24, 2.45) is 17.3 Å². The van der Waals surface area contributed by atoms with Gasteiger partial charge in [0.15, 0.2) is 0 Å². The van der Waals surface area contributed by atoms with Gasteiger partial charge in [0.05, 0.1) is 5.57 Å². The van der Waals surface area contributed by atoms with Crippen molar-refractivity contribution in [2.75, 3.05) is 0 Å². The van der Waals surface area contributed by atoms with Crippen LogP contribution in [-0.4, -0.2) is 41.0 Å². The van der Waals surface area contributed by atoms with E-state index in [1.807, 2.05) is 6.92 Å². The molecule has 2 aliphatic heterocycles. The summed E-state index contributed by atoms with van der Waals surface area (Å²) in [6.45, 7) is 6.93. The fourth-order valence-electron chi connectivity index (χ4n) is 5.34. The van der Waals surface area contributed by atoms with Crippen molar-refractivity contribution < 1.29 is 33.7 Å². The molecule has 0 bridgehead atoms. The van der Waals surface area contributed by atoms with Crippen LogP contribution in [-0.2, 0) is 28.6 Å². The predicted octanol–water partition coefficient (Wildman–Crippen LogP) is 1.79. The lowest BCUT2D eigenvalue weighted by Crippen LogP contribution is -2.58. The molecular formula is C20H24O7. The van der Waals surface area contributed by atoms with Gasteiger partial charge >= 0.3 is 17.9 Å². The minimum Gasteiger partial charge on any atom is -0.458 e. The van der Waals surface area contributed by atoms with Crippen LogP contribution in [0.4, 0.5) is 0 Å². The molecule has 6 atom stereocenters. The van der Waals surface area contributed by atoms with Crippen LogP contribution in [0, 0.1) is 17.3 Å². The second-order valence-electron chi connectivity index (χ2n) is 8.27. The second-order valence-corrected chi connectivity index (χ2v) is 8.27. The normalized spacial score (nSPS) is 43.1. The predicted molar refractivity (Wildman–Crippen MR) is 91.9 cm³/mol. The summed E-state index contributed by atoms with van der Waals surface area (Å²) in [4.78, 5) is 37.1. The van der Waals surface area contributed by atoms with E-state index < -0.39 is 47.2 Å². The largest absolute Gasteiger partial charge is 0.458 e. The Morgan fingerprint density at radius 3 is 2.70 bits per heavy atom. The molecule has 0 amide bonds. The Kier molecular flexibility index (Phi) is 3.83. The first-order valence-electron chi connectivity index (χ1n) is 9.34. The second kappa shape index (κ2) is 5.67. The van der Waals surface area contributed by atoms with Gasteiger partial charge < -0.3 is 19.3 Å². The Morgan fingerprint density at radius 2 is 2.04 bits per heavy atom. The van der Waals surface area contributed by atoms with Crippen LogP contribution in [0.5, 0.6) is 0 Å². The highest BCUT2D eigenvalue weighted by atomic mass is 16.7. The fraction of sp³-hybridized carbons (Fsp3) is 0.650. The maximum atomic E-state index is 12.8. The summed E-state index contributed by atoms with van der Waals surface area (Å²) >= 11 is 0. The molecule has 4 aliphatic rings. The molecule has 0 unspecified atom stereocenters. The Morgan fingerprint density at radius 1 is 1.33 bits per heavy atom. The number of rotatable bonds is 2. The SMILES string of the molecule is C/C=C(/C)C(=O)O[C@H]1CC[C@@H]2C[C@]3(O)OC(=O)C(C)=C3[C@@H]3OC(=O)[C@@H]1[C@]23C. The highest BCUT2D eigenvalue weighted by molar-refractivity contribution is 5.93. The van der Waals surface area contributed by atoms with Gasteiger partial charge in [-0.15, -0.1) is 0 Å². The van der Waals surface area contributed by atoms with Crippen molar-refractivity contribution in [3.05, 3.63) is 22.8 Å². The number of hydrogen-bond donors (Lipinski definition) is 1. The molecule has 1 N–H and O–H groups in total. The van der Waals surface area contributed by atoms with E-state index in [9.17, 15) is 19.5 Å². The van der Waals surface area contributed by atoms with Gasteiger partial charge in [-0.25, -0.2) is 9.59 Å². The van der Waals surface area contributed by atoms with E-state index in [0.29, 0.717) is 29.6 Å². The standard InChI is InChI=1S/C20H24O7/c1-5-9(2)16(21)25-12-7-6-11-8-20(24)13(10(3)17(22)27-20)15-19(11,4)14(12)18(23)26-15/h5,11-12,14-15,24H,6-8H2,1-4H3/b9-5-/t11-,12+,14-,15+,19+,20+/m1/s1. The Labute approximate surface area is 157 Å². The third-order valence-corrected chi connectivity index (χ3v) is 6.97. The maximum Gasteiger partial charge on any atom is 0.336 e. The minimum absolute atomic E-state index is 0.0934. The molecule has 146 valence electrons. The number of ether oxygens (including phenoxy) is 3. The van der Waals surface area contributed by atoms with E-state index >= 15 is 0 Å². The molecule has 7 nitrogen and oxygen atoms in total. The van der Waals surface area contributed by atoms with E-state index in [-0.39, 0.29) is 12.3 Å². The van der Waals surface area contributed by atoms with Crippen molar-refractivity contribution in [2.45, 2.75) is 65.0 Å². The Balaban J connectivity index is 1.74. The van der Waals surface area contributed by atoms with Crippen molar-refractivity contribution >= 4 is 17.9 Å². The zero-order valence-corrected chi connectivity index (χ0v) is 15.9. The first-order chi connectivity index (χ1) is 12.6. The summed E-state index contributed by atoms with van der Waals surface area (Å²) in [6.07, 6.45) is 1.68. The molecule has 0 radical (unpaired) electrons. The molecule has 2 heterocycles. The summed E-state index contributed by atoms with van der Waals surface area (Å²) in [5, 5.41) is 10.9. The van der Waals surface area contributed by atoms with Gasteiger partial charge in [0, 0.05) is 23.0 Å². The smallest absolute Gasteiger partial charge is 0.336 e. The number of aliphatic hydroxyl groups is 1. The van der Waals surface area contributed by atoms with Crippen LogP contribution in [0.25, 0.3) is 0 Å². The van der Waals surface area contributed by atoms with Crippen LogP contribution >= 0.6 is 0 Å². The Hall–Kier alpha value is -2.15. The zero-order chi connectivity index (χ0) is 19.7. The van der Waals surface area contributed by atoms with E-state index in [2.05, 4.69) is 0 Å². The molecule has 0 aromatic carbocycles. The molecule has 0 aromatic heterocycles. The van der Waals surface area contributed by atoms with Crippen molar-refractivity contribution in [1.29, 1.82) is 0 Å². The zero-order valence-electron chi connectivity index (χ0n) is 15.9. The molecule has 0 aromatic rings. The molecule has 1 saturated heterocycles. The third kappa shape index (κ3) is 2.27. The molecule has 0 spiro atoms. The number of allylic oxidation sites excluding steroid dienone is 1. The van der Waals surface area contributed by atoms with E-state index in [4.69, 9.17) is 14.2 Å². The lowest BCUT2D eigenvalue weighted by molar-refractivity contribution is -0.215. The minimum atomic E-state index is -1.71. The van der Waals surface area contributed by atoms with Crippen molar-refractivity contribution in [3.8, 4) is 0 Å². The van der Waals surface area contributed by atoms with E-state index in [1.54, 1.807) is 26.8 Å². The molecule has 4 rings (SSSR count). The summed E-state index contributed by atoms with van der Waals surface area (Å²) in [5.74, 6) is -3.91. The highest BCUT2D eigenvalue weighted by Gasteiger charge is 2.71. The topological polar surface area (TPSA) is 99.1 Å². The third-order valence-electron chi connectivity index (χ3n) is 6.97. The van der Waals surface area contributed by atoms with Crippen LogP contribution < -0.4 is 0 Å². The van der Waals surface area contributed by atoms with Crippen LogP contribution in [0.1, 0.15) is 47.0 Å². The Bertz CT molecular complexity index is 809. The first-order valence-corrected chi connectivity index (χ1v) is 9.34. The average molecular weight is 376 g/mol. The summed E-state index contributed by atoms with van der Waals surface area (Å²) in [5.41, 5.74) is 0.454. The number of fused-ring (bicyclic) bond motifs is 2. The lowest BCUT2D eigenvalue weighted by Gasteiger charge is -2.52. The molecule has 2 aliphatic carbocycles. The van der Waals surface area contributed by atoms with Gasteiger partial charge in [0.25, 0.3) is 0 Å². The highest BCUT2D eigenvalue weighted by Crippen LogP contribution is 2.63. The summed E-state index contributed by atoms with van der Waals surface area (Å²) in [6, 6.07) is 0. The van der Waals surface area contributed by atoms with Gasteiger partial charge in [0.2, 0.25) is 5.79 Å². The van der Waals surface area contributed by atoms with Crippen molar-refractivity contribution in [3.63, 3.8) is 0 Å². The number of carbonyl (C=O) groups excluding carboxylic acids is 3. The van der Waals surface area contributed by atoms with Crippen LogP contribution in [0.2, 0.25) is 0 Å². The van der Waals surface area contributed by atoms with Gasteiger partial charge in [0.1, 0.15) is 18.1 Å². The fourth-order valence-corrected chi connectivity index (χ4v) is 5.34. The monoisotopic (exact) mass is 376 g/mol. The first kappa shape index (κ1) is 18.2. The number of carbonyl (C=O) groups is 3. The molecule has 7 heteroatoms. The number of esters is 3. The van der Waals surface area contributed by atoms with Crippen molar-refractivity contribution in [1.82, 2.24) is 0 Å². The lowest BCUT2D eigenvalue weighted by atomic mass is 9.52. The van der Waals surface area contributed by atoms with Gasteiger partial charge in [-0.3, -0.25) is 4.79 Å². The molecule has 3 fully saturated rings.